The van der Waals surface area contributed by atoms with Crippen molar-refractivity contribution < 1.29 is 4.79 Å². The smallest absolute Gasteiger partial charge is 0.281 e. The van der Waals surface area contributed by atoms with Gasteiger partial charge in [-0.25, -0.2) is 0 Å². The summed E-state index contributed by atoms with van der Waals surface area (Å²) in [5.74, 6) is 2.21. The number of hydrogen-bond acceptors (Lipinski definition) is 2. The van der Waals surface area contributed by atoms with Gasteiger partial charge in [0.05, 0.1) is 27.3 Å². The molecule has 126 valence electrons. The Bertz CT molecular complexity index is 1100. The number of hydrogen-bond donors (Lipinski definition) is 0. The largest absolute Gasteiger partial charge is 0.304 e. The molecule has 1 heterocycles. The maximum absolute atomic E-state index is 12.6. The van der Waals surface area contributed by atoms with Gasteiger partial charge in [-0.15, -0.1) is 6.42 Å². The van der Waals surface area contributed by atoms with Gasteiger partial charge >= 0.3 is 0 Å². The average Bonchev–Trinajstić information content (AvgIpc) is 2.85. The molecule has 3 rings (SSSR count). The molecule has 0 aliphatic carbocycles. The minimum absolute atomic E-state index is 0.276. The Kier molecular flexibility index (Phi) is 5.01. The summed E-state index contributed by atoms with van der Waals surface area (Å²) in [5, 5.41) is 0.745. The molecule has 0 aliphatic rings. The van der Waals surface area contributed by atoms with Crippen LogP contribution in [0.15, 0.2) is 35.3 Å². The van der Waals surface area contributed by atoms with Gasteiger partial charge in [-0.2, -0.15) is 4.99 Å². The van der Waals surface area contributed by atoms with Crippen LogP contribution < -0.4 is 4.80 Å². The van der Waals surface area contributed by atoms with Gasteiger partial charge in [0, 0.05) is 5.02 Å². The number of benzene rings is 2. The highest BCUT2D eigenvalue weighted by molar-refractivity contribution is 7.16. The van der Waals surface area contributed by atoms with Crippen LogP contribution in [-0.4, -0.2) is 10.5 Å². The fourth-order valence-corrected chi connectivity index (χ4v) is 4.42. The van der Waals surface area contributed by atoms with E-state index in [1.807, 2.05) is 18.4 Å². The Morgan fingerprint density at radius 2 is 2.04 bits per heavy atom. The fourth-order valence-electron chi connectivity index (χ4n) is 2.72. The minimum Gasteiger partial charge on any atom is -0.304 e. The van der Waals surface area contributed by atoms with Crippen molar-refractivity contribution in [3.63, 3.8) is 0 Å². The van der Waals surface area contributed by atoms with Gasteiger partial charge in [0.2, 0.25) is 0 Å². The molecule has 2 aromatic carbocycles. The predicted molar refractivity (Wildman–Crippen MR) is 104 cm³/mol. The van der Waals surface area contributed by atoms with E-state index in [0.29, 0.717) is 21.9 Å². The summed E-state index contributed by atoms with van der Waals surface area (Å²) in [6, 6.07) is 8.87. The zero-order chi connectivity index (χ0) is 18.1. The standard InChI is InChI=1S/C19H14Cl2N2OS/c1-4-7-23-17-12(3)8-11(2)9-16(17)25-19(23)22-18(24)14-6-5-13(20)10-15(14)21/h1,5-6,8-10H,7H2,2-3H3. The highest BCUT2D eigenvalue weighted by atomic mass is 35.5. The van der Waals surface area contributed by atoms with E-state index in [4.69, 9.17) is 29.6 Å². The van der Waals surface area contributed by atoms with Crippen molar-refractivity contribution in [2.75, 3.05) is 0 Å². The number of aromatic nitrogens is 1. The maximum Gasteiger partial charge on any atom is 0.281 e. The molecule has 3 nitrogen and oxygen atoms in total. The molecule has 25 heavy (non-hydrogen) atoms. The molecule has 3 aromatic rings. The molecular weight excluding hydrogens is 375 g/mol. The van der Waals surface area contributed by atoms with E-state index in [0.717, 1.165) is 21.3 Å². The van der Waals surface area contributed by atoms with Gasteiger partial charge in [-0.3, -0.25) is 4.79 Å². The molecule has 1 aromatic heterocycles. The third-order valence-electron chi connectivity index (χ3n) is 3.72. The Balaban J connectivity index is 2.22. The van der Waals surface area contributed by atoms with E-state index in [9.17, 15) is 4.79 Å². The van der Waals surface area contributed by atoms with Crippen LogP contribution in [0.25, 0.3) is 10.2 Å². The zero-order valence-electron chi connectivity index (χ0n) is 13.6. The number of fused-ring (bicyclic) bond motifs is 1. The van der Waals surface area contributed by atoms with E-state index in [-0.39, 0.29) is 5.02 Å². The van der Waals surface area contributed by atoms with E-state index in [1.165, 1.54) is 17.4 Å². The summed E-state index contributed by atoms with van der Waals surface area (Å²) in [6.45, 7) is 4.40. The molecule has 0 bridgehead atoms. The van der Waals surface area contributed by atoms with Gasteiger partial charge in [-0.05, 0) is 49.2 Å². The van der Waals surface area contributed by atoms with Crippen molar-refractivity contribution in [1.82, 2.24) is 4.57 Å². The Hall–Kier alpha value is -2.06. The number of thiazole rings is 1. The lowest BCUT2D eigenvalue weighted by Crippen LogP contribution is -2.17. The Morgan fingerprint density at radius 3 is 2.72 bits per heavy atom. The molecular formula is C19H14Cl2N2OS. The highest BCUT2D eigenvalue weighted by Crippen LogP contribution is 2.24. The van der Waals surface area contributed by atoms with Crippen LogP contribution in [-0.2, 0) is 6.54 Å². The van der Waals surface area contributed by atoms with Crippen molar-refractivity contribution in [3.8, 4) is 12.3 Å². The second-order valence-corrected chi connectivity index (χ2v) is 7.50. The third-order valence-corrected chi connectivity index (χ3v) is 5.29. The number of aryl methyl sites for hydroxylation is 2. The molecule has 0 N–H and O–H groups in total. The van der Waals surface area contributed by atoms with Crippen molar-refractivity contribution in [2.45, 2.75) is 20.4 Å². The second kappa shape index (κ2) is 7.05. The molecule has 0 saturated heterocycles. The normalized spacial score (nSPS) is 11.7. The highest BCUT2D eigenvalue weighted by Gasteiger charge is 2.13. The monoisotopic (exact) mass is 388 g/mol. The molecule has 0 spiro atoms. The summed E-state index contributed by atoms with van der Waals surface area (Å²) in [5.41, 5.74) is 3.56. The van der Waals surface area contributed by atoms with Crippen molar-refractivity contribution in [3.05, 3.63) is 61.9 Å². The molecule has 0 aliphatic heterocycles. The molecule has 0 fully saturated rings. The molecule has 0 radical (unpaired) electrons. The number of amides is 1. The summed E-state index contributed by atoms with van der Waals surface area (Å²) in [4.78, 5) is 17.4. The topological polar surface area (TPSA) is 34.4 Å². The Labute approximate surface area is 159 Å². The van der Waals surface area contributed by atoms with Crippen LogP contribution in [0.4, 0.5) is 0 Å². The van der Waals surface area contributed by atoms with Gasteiger partial charge < -0.3 is 4.57 Å². The van der Waals surface area contributed by atoms with Crippen LogP contribution in [0.1, 0.15) is 21.5 Å². The summed E-state index contributed by atoms with van der Waals surface area (Å²) >= 11 is 13.4. The van der Waals surface area contributed by atoms with Gasteiger partial charge in [0.1, 0.15) is 0 Å². The number of carbonyl (C=O) groups is 1. The first-order valence-corrected chi connectivity index (χ1v) is 9.06. The number of terminal acetylenes is 1. The van der Waals surface area contributed by atoms with Crippen LogP contribution in [0.3, 0.4) is 0 Å². The van der Waals surface area contributed by atoms with Crippen LogP contribution in [0.2, 0.25) is 10.0 Å². The van der Waals surface area contributed by atoms with E-state index >= 15 is 0 Å². The van der Waals surface area contributed by atoms with Crippen LogP contribution in [0, 0.1) is 26.2 Å². The quantitative estimate of drug-likeness (QED) is 0.568. The number of halogens is 2. The minimum atomic E-state index is -0.423. The zero-order valence-corrected chi connectivity index (χ0v) is 16.0. The van der Waals surface area contributed by atoms with Crippen molar-refractivity contribution in [2.24, 2.45) is 4.99 Å². The molecule has 0 saturated carbocycles. The van der Waals surface area contributed by atoms with E-state index < -0.39 is 5.91 Å². The molecule has 6 heteroatoms. The third kappa shape index (κ3) is 3.50. The summed E-state index contributed by atoms with van der Waals surface area (Å²) in [7, 11) is 0. The fraction of sp³-hybridized carbons (Fsp3) is 0.158. The molecule has 0 unspecified atom stereocenters. The Morgan fingerprint density at radius 1 is 1.28 bits per heavy atom. The number of carbonyl (C=O) groups excluding carboxylic acids is 1. The summed E-state index contributed by atoms with van der Waals surface area (Å²) < 4.78 is 2.93. The maximum atomic E-state index is 12.6. The first kappa shape index (κ1) is 17.8. The average molecular weight is 389 g/mol. The number of rotatable bonds is 2. The van der Waals surface area contributed by atoms with Gasteiger partial charge in [0.25, 0.3) is 5.91 Å². The van der Waals surface area contributed by atoms with Crippen molar-refractivity contribution in [1.29, 1.82) is 0 Å². The van der Waals surface area contributed by atoms with E-state index in [1.54, 1.807) is 12.1 Å². The molecule has 1 amide bonds. The van der Waals surface area contributed by atoms with Crippen LogP contribution in [0.5, 0.6) is 0 Å². The van der Waals surface area contributed by atoms with Gasteiger partial charge in [-0.1, -0.05) is 46.5 Å². The van der Waals surface area contributed by atoms with Crippen LogP contribution >= 0.6 is 34.5 Å². The molecule has 0 atom stereocenters. The van der Waals surface area contributed by atoms with Crippen molar-refractivity contribution >= 4 is 50.7 Å². The first-order valence-electron chi connectivity index (χ1n) is 7.49. The lowest BCUT2D eigenvalue weighted by atomic mass is 10.1. The summed E-state index contributed by atoms with van der Waals surface area (Å²) in [6.07, 6.45) is 5.51. The lowest BCUT2D eigenvalue weighted by Gasteiger charge is -2.04. The van der Waals surface area contributed by atoms with Gasteiger partial charge in [0.15, 0.2) is 4.80 Å². The van der Waals surface area contributed by atoms with E-state index in [2.05, 4.69) is 23.0 Å². The first-order chi connectivity index (χ1) is 11.9. The SMILES string of the molecule is C#CCn1c(=NC(=O)c2ccc(Cl)cc2Cl)sc2cc(C)cc(C)c21. The second-order valence-electron chi connectivity index (χ2n) is 5.64. The lowest BCUT2D eigenvalue weighted by molar-refractivity contribution is 0.0998. The number of nitrogens with zero attached hydrogens (tertiary/aromatic N) is 2. The predicted octanol–water partition coefficient (Wildman–Crippen LogP) is 5.00.